The Morgan fingerprint density at radius 1 is 1.14 bits per heavy atom. The predicted molar refractivity (Wildman–Crippen MR) is 87.5 cm³/mol. The molecule has 0 unspecified atom stereocenters. The molecule has 0 atom stereocenters. The number of hydrogen-bond donors (Lipinski definition) is 1. The van der Waals surface area contributed by atoms with Crippen LogP contribution in [0.15, 0.2) is 24.4 Å². The van der Waals surface area contributed by atoms with Gasteiger partial charge in [0.1, 0.15) is 11.6 Å². The molecule has 0 aliphatic heterocycles. The fourth-order valence-electron chi connectivity index (χ4n) is 1.98. The molecule has 0 aliphatic rings. The van der Waals surface area contributed by atoms with Crippen LogP contribution in [-0.4, -0.2) is 21.5 Å². The van der Waals surface area contributed by atoms with E-state index in [4.69, 9.17) is 4.98 Å². The van der Waals surface area contributed by atoms with E-state index in [2.05, 4.69) is 49.0 Å². The summed E-state index contributed by atoms with van der Waals surface area (Å²) in [7, 11) is 0. The SMILES string of the molecule is CCCNc1cc(-c2ccnc(C)c2)nc(C(C)(C)C)n1. The molecule has 2 heterocycles. The fourth-order valence-corrected chi connectivity index (χ4v) is 1.98. The maximum atomic E-state index is 4.75. The molecular weight excluding hydrogens is 260 g/mol. The molecule has 2 aromatic rings. The van der Waals surface area contributed by atoms with Gasteiger partial charge in [-0.2, -0.15) is 0 Å². The maximum Gasteiger partial charge on any atom is 0.136 e. The van der Waals surface area contributed by atoms with Crippen molar-refractivity contribution in [2.75, 3.05) is 11.9 Å². The largest absolute Gasteiger partial charge is 0.370 e. The van der Waals surface area contributed by atoms with Crippen LogP contribution in [0, 0.1) is 6.92 Å². The molecule has 0 saturated heterocycles. The number of hydrogen-bond acceptors (Lipinski definition) is 4. The molecule has 0 bridgehead atoms. The van der Waals surface area contributed by atoms with Crippen molar-refractivity contribution in [2.45, 2.75) is 46.5 Å². The third-order valence-corrected chi connectivity index (χ3v) is 3.15. The van der Waals surface area contributed by atoms with Crippen LogP contribution in [0.5, 0.6) is 0 Å². The van der Waals surface area contributed by atoms with Crippen LogP contribution in [0.2, 0.25) is 0 Å². The van der Waals surface area contributed by atoms with Gasteiger partial charge in [-0.25, -0.2) is 9.97 Å². The topological polar surface area (TPSA) is 50.7 Å². The van der Waals surface area contributed by atoms with Gasteiger partial charge in [0, 0.05) is 35.5 Å². The number of pyridine rings is 1. The van der Waals surface area contributed by atoms with Gasteiger partial charge in [0.05, 0.1) is 5.69 Å². The van der Waals surface area contributed by atoms with Crippen molar-refractivity contribution >= 4 is 5.82 Å². The zero-order valence-corrected chi connectivity index (χ0v) is 13.6. The molecule has 0 aliphatic carbocycles. The second kappa shape index (κ2) is 6.20. The highest BCUT2D eigenvalue weighted by atomic mass is 15.0. The van der Waals surface area contributed by atoms with Crippen LogP contribution in [0.3, 0.4) is 0 Å². The summed E-state index contributed by atoms with van der Waals surface area (Å²) in [5.41, 5.74) is 2.93. The second-order valence-electron chi connectivity index (χ2n) is 6.32. The third-order valence-electron chi connectivity index (χ3n) is 3.15. The van der Waals surface area contributed by atoms with Crippen molar-refractivity contribution in [1.29, 1.82) is 0 Å². The maximum absolute atomic E-state index is 4.75. The summed E-state index contributed by atoms with van der Waals surface area (Å²) in [6, 6.07) is 6.06. The van der Waals surface area contributed by atoms with Crippen molar-refractivity contribution in [2.24, 2.45) is 0 Å². The van der Waals surface area contributed by atoms with Crippen LogP contribution >= 0.6 is 0 Å². The summed E-state index contributed by atoms with van der Waals surface area (Å²) >= 11 is 0. The minimum absolute atomic E-state index is 0.0826. The van der Waals surface area contributed by atoms with E-state index < -0.39 is 0 Å². The third kappa shape index (κ3) is 4.00. The average Bonchev–Trinajstić information content (AvgIpc) is 2.44. The lowest BCUT2D eigenvalue weighted by atomic mass is 9.95. The Morgan fingerprint density at radius 3 is 2.52 bits per heavy atom. The molecule has 0 amide bonds. The fraction of sp³-hybridized carbons (Fsp3) is 0.471. The highest BCUT2D eigenvalue weighted by Gasteiger charge is 2.19. The van der Waals surface area contributed by atoms with Gasteiger partial charge in [-0.1, -0.05) is 27.7 Å². The smallest absolute Gasteiger partial charge is 0.136 e. The second-order valence-corrected chi connectivity index (χ2v) is 6.32. The van der Waals surface area contributed by atoms with Gasteiger partial charge in [0.2, 0.25) is 0 Å². The number of nitrogens with zero attached hydrogens (tertiary/aromatic N) is 3. The Labute approximate surface area is 127 Å². The highest BCUT2D eigenvalue weighted by Crippen LogP contribution is 2.25. The van der Waals surface area contributed by atoms with Gasteiger partial charge in [0.15, 0.2) is 0 Å². The average molecular weight is 284 g/mol. The van der Waals surface area contributed by atoms with Gasteiger partial charge in [-0.05, 0) is 25.5 Å². The first kappa shape index (κ1) is 15.4. The molecule has 4 nitrogen and oxygen atoms in total. The Kier molecular flexibility index (Phi) is 4.56. The molecule has 21 heavy (non-hydrogen) atoms. The van der Waals surface area contributed by atoms with E-state index in [0.717, 1.165) is 41.6 Å². The summed E-state index contributed by atoms with van der Waals surface area (Å²) in [4.78, 5) is 13.6. The zero-order chi connectivity index (χ0) is 15.5. The van der Waals surface area contributed by atoms with E-state index in [0.29, 0.717) is 0 Å². The molecule has 0 radical (unpaired) electrons. The van der Waals surface area contributed by atoms with Crippen molar-refractivity contribution in [3.05, 3.63) is 35.9 Å². The normalized spacial score (nSPS) is 11.5. The Balaban J connectivity index is 2.49. The van der Waals surface area contributed by atoms with Gasteiger partial charge < -0.3 is 5.32 Å². The van der Waals surface area contributed by atoms with Crippen LogP contribution in [0.25, 0.3) is 11.3 Å². The number of anilines is 1. The van der Waals surface area contributed by atoms with Crippen LogP contribution in [0.1, 0.15) is 45.6 Å². The Bertz CT molecular complexity index is 614. The number of rotatable bonds is 4. The first-order valence-corrected chi connectivity index (χ1v) is 7.46. The van der Waals surface area contributed by atoms with Crippen molar-refractivity contribution < 1.29 is 0 Å². The van der Waals surface area contributed by atoms with Gasteiger partial charge in [-0.15, -0.1) is 0 Å². The van der Waals surface area contributed by atoms with E-state index in [1.165, 1.54) is 0 Å². The molecule has 0 aromatic carbocycles. The van der Waals surface area contributed by atoms with Crippen molar-refractivity contribution in [3.63, 3.8) is 0 Å². The van der Waals surface area contributed by atoms with E-state index in [-0.39, 0.29) is 5.41 Å². The van der Waals surface area contributed by atoms with E-state index in [1.807, 2.05) is 25.3 Å². The quantitative estimate of drug-likeness (QED) is 0.923. The Hall–Kier alpha value is -1.97. The molecule has 2 aromatic heterocycles. The predicted octanol–water partition coefficient (Wildman–Crippen LogP) is 3.97. The highest BCUT2D eigenvalue weighted by molar-refractivity contribution is 5.62. The number of nitrogens with one attached hydrogen (secondary N) is 1. The Morgan fingerprint density at radius 2 is 1.90 bits per heavy atom. The standard InChI is InChI=1S/C17H24N4/c1-6-8-19-15-11-14(13-7-9-18-12(2)10-13)20-16(21-15)17(3,4)5/h7,9-11H,6,8H2,1-5H3,(H,19,20,21). The molecule has 112 valence electrons. The molecule has 2 rings (SSSR count). The summed E-state index contributed by atoms with van der Waals surface area (Å²) in [6.07, 6.45) is 2.89. The van der Waals surface area contributed by atoms with Crippen molar-refractivity contribution in [1.82, 2.24) is 15.0 Å². The zero-order valence-electron chi connectivity index (χ0n) is 13.6. The monoisotopic (exact) mass is 284 g/mol. The van der Waals surface area contributed by atoms with E-state index in [1.54, 1.807) is 0 Å². The van der Waals surface area contributed by atoms with Crippen LogP contribution in [-0.2, 0) is 5.41 Å². The molecule has 1 N–H and O–H groups in total. The van der Waals surface area contributed by atoms with Crippen LogP contribution in [0.4, 0.5) is 5.82 Å². The minimum atomic E-state index is -0.0826. The van der Waals surface area contributed by atoms with Gasteiger partial charge in [-0.3, -0.25) is 4.98 Å². The molecule has 0 spiro atoms. The van der Waals surface area contributed by atoms with Crippen LogP contribution < -0.4 is 5.32 Å². The first-order valence-electron chi connectivity index (χ1n) is 7.46. The van der Waals surface area contributed by atoms with Crippen molar-refractivity contribution in [3.8, 4) is 11.3 Å². The molecule has 0 fully saturated rings. The summed E-state index contributed by atoms with van der Waals surface area (Å²) in [5.74, 6) is 1.74. The number of aromatic nitrogens is 3. The van der Waals surface area contributed by atoms with E-state index in [9.17, 15) is 0 Å². The van der Waals surface area contributed by atoms with Gasteiger partial charge in [0.25, 0.3) is 0 Å². The number of aryl methyl sites for hydroxylation is 1. The molecule has 0 saturated carbocycles. The lowest BCUT2D eigenvalue weighted by Gasteiger charge is -2.19. The molecular formula is C17H24N4. The summed E-state index contributed by atoms with van der Waals surface area (Å²) in [5, 5.41) is 3.36. The minimum Gasteiger partial charge on any atom is -0.370 e. The van der Waals surface area contributed by atoms with Gasteiger partial charge >= 0.3 is 0 Å². The lowest BCUT2D eigenvalue weighted by Crippen LogP contribution is -2.18. The summed E-state index contributed by atoms with van der Waals surface area (Å²) in [6.45, 7) is 11.4. The lowest BCUT2D eigenvalue weighted by molar-refractivity contribution is 0.546. The summed E-state index contributed by atoms with van der Waals surface area (Å²) < 4.78 is 0. The molecule has 4 heteroatoms. The van der Waals surface area contributed by atoms with E-state index >= 15 is 0 Å². The first-order chi connectivity index (χ1) is 9.90.